The van der Waals surface area contributed by atoms with E-state index in [1.165, 1.54) is 7.11 Å². The number of benzene rings is 1. The molecule has 3 rings (SSSR count). The van der Waals surface area contributed by atoms with E-state index in [-0.39, 0.29) is 12.1 Å². The number of para-hydroxylation sites is 1. The predicted molar refractivity (Wildman–Crippen MR) is 95.8 cm³/mol. The second-order valence-electron chi connectivity index (χ2n) is 6.82. The number of imide groups is 2. The number of nitrogens with zero attached hydrogens (tertiary/aromatic N) is 2. The highest BCUT2D eigenvalue weighted by molar-refractivity contribution is 6.45. The Morgan fingerprint density at radius 2 is 1.85 bits per heavy atom. The largest absolute Gasteiger partial charge is 0.496 e. The highest BCUT2D eigenvalue weighted by atomic mass is 16.5. The van der Waals surface area contributed by atoms with Crippen LogP contribution in [0.1, 0.15) is 44.2 Å². The molecular formula is C19H23N3O5. The average molecular weight is 373 g/mol. The Balaban J connectivity index is 1.66. The van der Waals surface area contributed by atoms with Gasteiger partial charge in [0, 0.05) is 11.6 Å². The van der Waals surface area contributed by atoms with Crippen molar-refractivity contribution in [3.63, 3.8) is 0 Å². The van der Waals surface area contributed by atoms with Crippen molar-refractivity contribution in [1.29, 1.82) is 0 Å². The molecule has 144 valence electrons. The molecule has 0 bridgehead atoms. The van der Waals surface area contributed by atoms with Crippen LogP contribution in [-0.2, 0) is 14.4 Å². The van der Waals surface area contributed by atoms with E-state index in [2.05, 4.69) is 5.32 Å². The van der Waals surface area contributed by atoms with Crippen LogP contribution in [0.4, 0.5) is 4.79 Å². The minimum absolute atomic E-state index is 0.241. The number of amides is 5. The van der Waals surface area contributed by atoms with E-state index in [0.717, 1.165) is 28.2 Å². The molecule has 1 N–H and O–H groups in total. The Kier molecular flexibility index (Phi) is 5.43. The summed E-state index contributed by atoms with van der Waals surface area (Å²) in [5.74, 6) is -1.66. The van der Waals surface area contributed by atoms with Crippen LogP contribution in [0.3, 0.4) is 0 Å². The first-order valence-electron chi connectivity index (χ1n) is 9.05. The minimum Gasteiger partial charge on any atom is -0.496 e. The van der Waals surface area contributed by atoms with E-state index in [0.29, 0.717) is 18.6 Å². The van der Waals surface area contributed by atoms with E-state index < -0.39 is 30.3 Å². The van der Waals surface area contributed by atoms with Gasteiger partial charge in [-0.3, -0.25) is 19.3 Å². The minimum atomic E-state index is -0.938. The Hall–Kier alpha value is -2.90. The molecule has 1 unspecified atom stereocenters. The number of carbonyl (C=O) groups is 4. The first-order chi connectivity index (χ1) is 12.9. The quantitative estimate of drug-likeness (QED) is 0.604. The topological polar surface area (TPSA) is 96.0 Å². The third-order valence-corrected chi connectivity index (χ3v) is 5.06. The van der Waals surface area contributed by atoms with Gasteiger partial charge in [-0.25, -0.2) is 9.69 Å². The summed E-state index contributed by atoms with van der Waals surface area (Å²) >= 11 is 0. The lowest BCUT2D eigenvalue weighted by molar-refractivity contribution is -0.144. The number of hydrogen-bond acceptors (Lipinski definition) is 5. The summed E-state index contributed by atoms with van der Waals surface area (Å²) in [6.07, 6.45) is 3.25. The van der Waals surface area contributed by atoms with Crippen LogP contribution in [0.25, 0.3) is 0 Å². The smallest absolute Gasteiger partial charge is 0.334 e. The number of ether oxygens (including phenoxy) is 1. The molecular weight excluding hydrogens is 350 g/mol. The van der Waals surface area contributed by atoms with E-state index in [1.807, 2.05) is 18.2 Å². The van der Waals surface area contributed by atoms with Crippen molar-refractivity contribution in [3.05, 3.63) is 29.8 Å². The van der Waals surface area contributed by atoms with Gasteiger partial charge < -0.3 is 10.1 Å². The molecule has 0 aromatic heterocycles. The van der Waals surface area contributed by atoms with Crippen LogP contribution < -0.4 is 10.1 Å². The van der Waals surface area contributed by atoms with Gasteiger partial charge in [-0.05, 0) is 25.8 Å². The van der Waals surface area contributed by atoms with Crippen LogP contribution in [0.15, 0.2) is 24.3 Å². The maximum Gasteiger partial charge on any atom is 0.334 e. The molecule has 27 heavy (non-hydrogen) atoms. The maximum absolute atomic E-state index is 12.5. The highest BCUT2D eigenvalue weighted by Gasteiger charge is 2.48. The molecule has 2 fully saturated rings. The number of urea groups is 1. The molecule has 1 aromatic rings. The SMILES string of the molecule is COc1ccccc1C(C)NC(=O)CN1C(=O)C(=O)N(C2CCCC2)C1=O. The number of nitrogens with one attached hydrogen (secondary N) is 1. The van der Waals surface area contributed by atoms with Gasteiger partial charge in [0.15, 0.2) is 0 Å². The lowest BCUT2D eigenvalue weighted by Crippen LogP contribution is -2.43. The van der Waals surface area contributed by atoms with E-state index in [1.54, 1.807) is 13.0 Å². The molecule has 0 radical (unpaired) electrons. The molecule has 1 saturated heterocycles. The van der Waals surface area contributed by atoms with Gasteiger partial charge in [-0.2, -0.15) is 0 Å². The Morgan fingerprint density at radius 3 is 2.52 bits per heavy atom. The van der Waals surface area contributed by atoms with E-state index in [9.17, 15) is 19.2 Å². The second-order valence-corrected chi connectivity index (χ2v) is 6.82. The van der Waals surface area contributed by atoms with Crippen molar-refractivity contribution >= 4 is 23.8 Å². The fourth-order valence-corrected chi connectivity index (χ4v) is 3.68. The molecule has 1 aromatic carbocycles. The van der Waals surface area contributed by atoms with Gasteiger partial charge in [-0.15, -0.1) is 0 Å². The summed E-state index contributed by atoms with van der Waals surface area (Å²) in [6, 6.07) is 5.92. The second kappa shape index (κ2) is 7.77. The van der Waals surface area contributed by atoms with Gasteiger partial charge >= 0.3 is 17.8 Å². The average Bonchev–Trinajstić information content (AvgIpc) is 3.25. The van der Waals surface area contributed by atoms with Crippen LogP contribution in [0, 0.1) is 0 Å². The van der Waals surface area contributed by atoms with Crippen LogP contribution in [-0.4, -0.2) is 53.2 Å². The van der Waals surface area contributed by atoms with Gasteiger partial charge in [0.05, 0.1) is 13.2 Å². The zero-order valence-electron chi connectivity index (χ0n) is 15.4. The van der Waals surface area contributed by atoms with Crippen LogP contribution in [0.2, 0.25) is 0 Å². The molecule has 1 aliphatic heterocycles. The predicted octanol–water partition coefficient (Wildman–Crippen LogP) is 1.61. The molecule has 1 saturated carbocycles. The zero-order chi connectivity index (χ0) is 19.6. The fourth-order valence-electron chi connectivity index (χ4n) is 3.68. The first-order valence-corrected chi connectivity index (χ1v) is 9.05. The molecule has 5 amide bonds. The molecule has 0 spiro atoms. The Morgan fingerprint density at radius 1 is 1.19 bits per heavy atom. The van der Waals surface area contributed by atoms with Crippen molar-refractivity contribution in [2.24, 2.45) is 0 Å². The lowest BCUT2D eigenvalue weighted by Gasteiger charge is -2.21. The van der Waals surface area contributed by atoms with Gasteiger partial charge in [0.2, 0.25) is 5.91 Å². The van der Waals surface area contributed by atoms with Crippen LogP contribution >= 0.6 is 0 Å². The molecule has 8 nitrogen and oxygen atoms in total. The summed E-state index contributed by atoms with van der Waals surface area (Å²) in [5, 5.41) is 2.74. The first kappa shape index (κ1) is 18.9. The zero-order valence-corrected chi connectivity index (χ0v) is 15.4. The van der Waals surface area contributed by atoms with Crippen molar-refractivity contribution < 1.29 is 23.9 Å². The third kappa shape index (κ3) is 3.65. The summed E-state index contributed by atoms with van der Waals surface area (Å²) in [4.78, 5) is 51.0. The normalized spacial score (nSPS) is 19.0. The van der Waals surface area contributed by atoms with Gasteiger partial charge in [0.1, 0.15) is 12.3 Å². The summed E-state index contributed by atoms with van der Waals surface area (Å²) in [6.45, 7) is 1.30. The monoisotopic (exact) mass is 373 g/mol. The number of methoxy groups -OCH3 is 1. The molecule has 1 heterocycles. The third-order valence-electron chi connectivity index (χ3n) is 5.06. The van der Waals surface area contributed by atoms with Crippen molar-refractivity contribution in [1.82, 2.24) is 15.1 Å². The summed E-state index contributed by atoms with van der Waals surface area (Å²) in [5.41, 5.74) is 0.774. The number of carbonyl (C=O) groups excluding carboxylic acids is 4. The van der Waals surface area contributed by atoms with Gasteiger partial charge in [-0.1, -0.05) is 31.0 Å². The number of rotatable bonds is 6. The molecule has 2 aliphatic rings. The summed E-state index contributed by atoms with van der Waals surface area (Å²) in [7, 11) is 1.54. The molecule has 1 aliphatic carbocycles. The van der Waals surface area contributed by atoms with Crippen molar-refractivity contribution in [2.45, 2.75) is 44.7 Å². The van der Waals surface area contributed by atoms with Crippen molar-refractivity contribution in [2.75, 3.05) is 13.7 Å². The maximum atomic E-state index is 12.5. The summed E-state index contributed by atoms with van der Waals surface area (Å²) < 4.78 is 5.28. The van der Waals surface area contributed by atoms with E-state index in [4.69, 9.17) is 4.74 Å². The highest BCUT2D eigenvalue weighted by Crippen LogP contribution is 2.28. The van der Waals surface area contributed by atoms with Crippen molar-refractivity contribution in [3.8, 4) is 5.75 Å². The van der Waals surface area contributed by atoms with E-state index >= 15 is 0 Å². The molecule has 1 atom stereocenters. The number of hydrogen-bond donors (Lipinski definition) is 1. The Labute approximate surface area is 157 Å². The van der Waals surface area contributed by atoms with Gasteiger partial charge in [0.25, 0.3) is 0 Å². The Bertz CT molecular complexity index is 772. The molecule has 8 heteroatoms. The standard InChI is InChI=1S/C19H23N3O5/c1-12(14-9-5-6-10-15(14)27-2)20-16(23)11-21-17(24)18(25)22(19(21)26)13-7-3-4-8-13/h5-6,9-10,12-13H,3-4,7-8,11H2,1-2H3,(H,20,23). The lowest BCUT2D eigenvalue weighted by atomic mass is 10.1. The van der Waals surface area contributed by atoms with Crippen LogP contribution in [0.5, 0.6) is 5.75 Å². The fraction of sp³-hybridized carbons (Fsp3) is 0.474.